The van der Waals surface area contributed by atoms with Gasteiger partial charge in [-0.3, -0.25) is 10.1 Å². The van der Waals surface area contributed by atoms with Crippen LogP contribution in [0.2, 0.25) is 0 Å². The molecule has 0 saturated heterocycles. The summed E-state index contributed by atoms with van der Waals surface area (Å²) in [6.07, 6.45) is 4.52. The second kappa shape index (κ2) is 5.29. The summed E-state index contributed by atoms with van der Waals surface area (Å²) in [7, 11) is 0. The molecule has 1 N–H and O–H groups in total. The van der Waals surface area contributed by atoms with E-state index in [0.29, 0.717) is 18.5 Å². The van der Waals surface area contributed by atoms with E-state index >= 15 is 0 Å². The molecule has 23 heavy (non-hydrogen) atoms. The predicted octanol–water partition coefficient (Wildman–Crippen LogP) is 3.15. The highest BCUT2D eigenvalue weighted by atomic mass is 19.1. The first kappa shape index (κ1) is 14.1. The first-order chi connectivity index (χ1) is 11.1. The third-order valence-corrected chi connectivity index (χ3v) is 4.25. The minimum atomic E-state index is -0.845. The van der Waals surface area contributed by atoms with E-state index in [9.17, 15) is 14.5 Å². The molecule has 120 valence electrons. The van der Waals surface area contributed by atoms with E-state index in [4.69, 9.17) is 0 Å². The van der Waals surface area contributed by atoms with Gasteiger partial charge in [-0.2, -0.15) is 4.39 Å². The second-order valence-corrected chi connectivity index (χ2v) is 6.10. The van der Waals surface area contributed by atoms with Crippen molar-refractivity contribution in [3.05, 3.63) is 45.8 Å². The summed E-state index contributed by atoms with van der Waals surface area (Å²) in [4.78, 5) is 10.3. The molecule has 2 saturated carbocycles. The van der Waals surface area contributed by atoms with E-state index < -0.39 is 16.4 Å². The number of anilines is 1. The predicted molar refractivity (Wildman–Crippen MR) is 80.6 cm³/mol. The molecule has 7 nitrogen and oxygen atoms in total. The standard InChI is InChI=1S/C15H16FN5O2/c16-11-2-1-3-12(14(11)21(22)23)17-8-13-18-19-15(9-4-5-9)20(13)10-6-7-10/h1-3,9-10,17H,4-8H2. The number of rotatable bonds is 6. The largest absolute Gasteiger partial charge is 0.372 e. The number of nitro benzene ring substituents is 1. The number of aromatic nitrogens is 3. The lowest BCUT2D eigenvalue weighted by Crippen LogP contribution is -2.11. The molecule has 4 rings (SSSR count). The molecule has 1 aromatic heterocycles. The number of benzene rings is 1. The lowest BCUT2D eigenvalue weighted by molar-refractivity contribution is -0.386. The summed E-state index contributed by atoms with van der Waals surface area (Å²) >= 11 is 0. The molecule has 2 aromatic rings. The average Bonchev–Trinajstić information content (AvgIpc) is 3.43. The molecule has 0 amide bonds. The van der Waals surface area contributed by atoms with Crippen molar-refractivity contribution in [1.29, 1.82) is 0 Å². The van der Waals surface area contributed by atoms with Crippen LogP contribution in [-0.4, -0.2) is 19.7 Å². The van der Waals surface area contributed by atoms with Gasteiger partial charge >= 0.3 is 5.69 Å². The molecular weight excluding hydrogens is 301 g/mol. The number of nitrogens with one attached hydrogen (secondary N) is 1. The molecule has 0 unspecified atom stereocenters. The Balaban J connectivity index is 1.58. The summed E-state index contributed by atoms with van der Waals surface area (Å²) < 4.78 is 15.8. The fourth-order valence-corrected chi connectivity index (χ4v) is 2.83. The molecular formula is C15H16FN5O2. The van der Waals surface area contributed by atoms with Crippen molar-refractivity contribution in [2.75, 3.05) is 5.32 Å². The van der Waals surface area contributed by atoms with Crippen LogP contribution in [0.5, 0.6) is 0 Å². The van der Waals surface area contributed by atoms with E-state index in [1.165, 1.54) is 12.1 Å². The molecule has 2 aliphatic rings. The zero-order chi connectivity index (χ0) is 16.0. The molecule has 0 bridgehead atoms. The van der Waals surface area contributed by atoms with Gasteiger partial charge in [-0.25, -0.2) is 0 Å². The van der Waals surface area contributed by atoms with Gasteiger partial charge in [-0.1, -0.05) is 6.07 Å². The van der Waals surface area contributed by atoms with Gasteiger partial charge in [-0.15, -0.1) is 10.2 Å². The molecule has 0 spiro atoms. The highest BCUT2D eigenvalue weighted by Crippen LogP contribution is 2.44. The lowest BCUT2D eigenvalue weighted by Gasteiger charge is -2.10. The lowest BCUT2D eigenvalue weighted by atomic mass is 10.2. The molecule has 2 fully saturated rings. The molecule has 8 heteroatoms. The maximum atomic E-state index is 13.6. The highest BCUT2D eigenvalue weighted by molar-refractivity contribution is 5.61. The third-order valence-electron chi connectivity index (χ3n) is 4.25. The number of hydrogen-bond donors (Lipinski definition) is 1. The zero-order valence-corrected chi connectivity index (χ0v) is 12.4. The van der Waals surface area contributed by atoms with Crippen LogP contribution in [0.4, 0.5) is 15.8 Å². The van der Waals surface area contributed by atoms with Crippen molar-refractivity contribution < 1.29 is 9.31 Å². The van der Waals surface area contributed by atoms with Crippen LogP contribution >= 0.6 is 0 Å². The first-order valence-corrected chi connectivity index (χ1v) is 7.75. The Labute approximate surface area is 131 Å². The van der Waals surface area contributed by atoms with Gasteiger partial charge in [0.1, 0.15) is 11.5 Å². The van der Waals surface area contributed by atoms with E-state index in [2.05, 4.69) is 20.1 Å². The Morgan fingerprint density at radius 3 is 2.74 bits per heavy atom. The van der Waals surface area contributed by atoms with Gasteiger partial charge in [-0.05, 0) is 37.8 Å². The normalized spacial score (nSPS) is 17.3. The van der Waals surface area contributed by atoms with Crippen LogP contribution in [0.25, 0.3) is 0 Å². The minimum Gasteiger partial charge on any atom is -0.372 e. The van der Waals surface area contributed by atoms with E-state index in [1.807, 2.05) is 0 Å². The summed E-state index contributed by atoms with van der Waals surface area (Å²) in [6, 6.07) is 4.48. The molecule has 0 radical (unpaired) electrons. The van der Waals surface area contributed by atoms with Crippen molar-refractivity contribution in [2.45, 2.75) is 44.2 Å². The minimum absolute atomic E-state index is 0.160. The van der Waals surface area contributed by atoms with E-state index in [-0.39, 0.29) is 5.69 Å². The number of para-hydroxylation sites is 1. The van der Waals surface area contributed by atoms with Gasteiger partial charge in [0.15, 0.2) is 5.82 Å². The fourth-order valence-electron chi connectivity index (χ4n) is 2.83. The molecule has 1 heterocycles. The Hall–Kier alpha value is -2.51. The van der Waals surface area contributed by atoms with Gasteiger partial charge in [0, 0.05) is 12.0 Å². The summed E-state index contributed by atoms with van der Waals surface area (Å²) in [5.41, 5.74) is -0.374. The molecule has 0 aliphatic heterocycles. The number of hydrogen-bond acceptors (Lipinski definition) is 5. The number of nitro groups is 1. The van der Waals surface area contributed by atoms with Crippen LogP contribution < -0.4 is 5.32 Å². The quantitative estimate of drug-likeness (QED) is 0.653. The van der Waals surface area contributed by atoms with Crippen LogP contribution in [0.3, 0.4) is 0 Å². The Kier molecular flexibility index (Phi) is 3.24. The van der Waals surface area contributed by atoms with Crippen molar-refractivity contribution >= 4 is 11.4 Å². The van der Waals surface area contributed by atoms with Gasteiger partial charge < -0.3 is 9.88 Å². The van der Waals surface area contributed by atoms with Crippen LogP contribution in [-0.2, 0) is 6.54 Å². The van der Waals surface area contributed by atoms with Gasteiger partial charge in [0.2, 0.25) is 5.82 Å². The Morgan fingerprint density at radius 2 is 2.09 bits per heavy atom. The zero-order valence-electron chi connectivity index (χ0n) is 12.4. The van der Waals surface area contributed by atoms with Crippen LogP contribution in [0, 0.1) is 15.9 Å². The molecule has 2 aliphatic carbocycles. The van der Waals surface area contributed by atoms with Crippen molar-refractivity contribution in [1.82, 2.24) is 14.8 Å². The van der Waals surface area contributed by atoms with Crippen LogP contribution in [0.1, 0.15) is 49.3 Å². The topological polar surface area (TPSA) is 85.9 Å². The van der Waals surface area contributed by atoms with E-state index in [1.54, 1.807) is 0 Å². The van der Waals surface area contributed by atoms with Crippen molar-refractivity contribution in [3.63, 3.8) is 0 Å². The van der Waals surface area contributed by atoms with Crippen LogP contribution in [0.15, 0.2) is 18.2 Å². The summed E-state index contributed by atoms with van der Waals surface area (Å²) in [6.45, 7) is 0.292. The molecule has 1 aromatic carbocycles. The van der Waals surface area contributed by atoms with Gasteiger partial charge in [0.05, 0.1) is 11.5 Å². The third kappa shape index (κ3) is 2.64. The Bertz CT molecular complexity index is 767. The molecule has 0 atom stereocenters. The summed E-state index contributed by atoms with van der Waals surface area (Å²) in [5.74, 6) is 1.44. The van der Waals surface area contributed by atoms with Crippen molar-refractivity contribution in [3.8, 4) is 0 Å². The fraction of sp³-hybridized carbons (Fsp3) is 0.467. The number of halogens is 1. The van der Waals surface area contributed by atoms with E-state index in [0.717, 1.165) is 43.4 Å². The first-order valence-electron chi connectivity index (χ1n) is 7.75. The maximum absolute atomic E-state index is 13.6. The summed E-state index contributed by atoms with van der Waals surface area (Å²) in [5, 5.41) is 22.5. The van der Waals surface area contributed by atoms with Gasteiger partial charge in [0.25, 0.3) is 0 Å². The second-order valence-electron chi connectivity index (χ2n) is 6.10. The maximum Gasteiger partial charge on any atom is 0.327 e. The Morgan fingerprint density at radius 1 is 1.30 bits per heavy atom. The highest BCUT2D eigenvalue weighted by Gasteiger charge is 2.36. The van der Waals surface area contributed by atoms with Crippen molar-refractivity contribution in [2.24, 2.45) is 0 Å². The average molecular weight is 317 g/mol. The monoisotopic (exact) mass is 317 g/mol. The SMILES string of the molecule is O=[N+]([O-])c1c(F)cccc1NCc1nnc(C2CC2)n1C1CC1. The smallest absolute Gasteiger partial charge is 0.327 e. The number of nitrogens with zero attached hydrogens (tertiary/aromatic N) is 4.